The van der Waals surface area contributed by atoms with Crippen LogP contribution in [0.1, 0.15) is 58.4 Å². The Morgan fingerprint density at radius 1 is 1.06 bits per heavy atom. The molecule has 5 heteroatoms. The first-order chi connectivity index (χ1) is 15.7. The average Bonchev–Trinajstić information content (AvgIpc) is 3.25. The lowest BCUT2D eigenvalue weighted by atomic mass is 9.72. The van der Waals surface area contributed by atoms with Crippen molar-refractivity contribution in [3.05, 3.63) is 53.8 Å². The van der Waals surface area contributed by atoms with Crippen molar-refractivity contribution in [2.75, 3.05) is 13.1 Å². The molecular formula is C28H36FNO3. The number of hydrogen-bond acceptors (Lipinski definition) is 3. The molecule has 0 radical (unpaired) electrons. The van der Waals surface area contributed by atoms with E-state index < -0.39 is 5.97 Å². The minimum absolute atomic E-state index is 0.231. The fourth-order valence-corrected chi connectivity index (χ4v) is 5.30. The molecule has 0 bridgehead atoms. The van der Waals surface area contributed by atoms with E-state index in [2.05, 4.69) is 20.8 Å². The van der Waals surface area contributed by atoms with E-state index in [1.165, 1.54) is 12.8 Å². The molecule has 4 nitrogen and oxygen atoms in total. The van der Waals surface area contributed by atoms with E-state index in [4.69, 9.17) is 4.74 Å². The minimum atomic E-state index is -0.767. The van der Waals surface area contributed by atoms with Gasteiger partial charge in [0.1, 0.15) is 11.6 Å². The highest BCUT2D eigenvalue weighted by atomic mass is 19.1. The molecule has 2 aromatic carbocycles. The van der Waals surface area contributed by atoms with Gasteiger partial charge in [0.05, 0.1) is 12.0 Å². The molecule has 1 unspecified atom stereocenters. The van der Waals surface area contributed by atoms with Gasteiger partial charge in [-0.25, -0.2) is 4.39 Å². The van der Waals surface area contributed by atoms with E-state index in [1.54, 1.807) is 12.1 Å². The molecule has 178 valence electrons. The average molecular weight is 454 g/mol. The van der Waals surface area contributed by atoms with Gasteiger partial charge in [-0.15, -0.1) is 0 Å². The number of rotatable bonds is 6. The molecule has 1 atom stereocenters. The fourth-order valence-electron chi connectivity index (χ4n) is 5.30. The maximum absolute atomic E-state index is 15.3. The predicted octanol–water partition coefficient (Wildman–Crippen LogP) is 6.38. The molecule has 0 amide bonds. The maximum atomic E-state index is 15.3. The Kier molecular flexibility index (Phi) is 7.08. The second-order valence-electron chi connectivity index (χ2n) is 10.8. The number of ether oxygens (including phenoxy) is 1. The fraction of sp³-hybridized carbons (Fsp3) is 0.536. The van der Waals surface area contributed by atoms with Gasteiger partial charge in [-0.2, -0.15) is 0 Å². The molecule has 1 saturated carbocycles. The van der Waals surface area contributed by atoms with Crippen molar-refractivity contribution in [1.82, 2.24) is 4.90 Å². The van der Waals surface area contributed by atoms with Crippen molar-refractivity contribution in [2.45, 2.75) is 65.5 Å². The first-order valence-electron chi connectivity index (χ1n) is 12.2. The largest absolute Gasteiger partial charge is 0.490 e. The minimum Gasteiger partial charge on any atom is -0.490 e. The molecule has 1 N–H and O–H groups in total. The predicted molar refractivity (Wildman–Crippen MR) is 129 cm³/mol. The highest BCUT2D eigenvalue weighted by Gasteiger charge is 2.31. The van der Waals surface area contributed by atoms with E-state index >= 15 is 4.39 Å². The van der Waals surface area contributed by atoms with Gasteiger partial charge in [-0.05, 0) is 67.7 Å². The molecule has 2 aliphatic rings. The smallest absolute Gasteiger partial charge is 0.307 e. The third kappa shape index (κ3) is 5.75. The number of hydrogen-bond donors (Lipinski definition) is 1. The highest BCUT2D eigenvalue weighted by Crippen LogP contribution is 2.39. The second kappa shape index (κ2) is 9.84. The summed E-state index contributed by atoms with van der Waals surface area (Å²) < 4.78 is 21.5. The van der Waals surface area contributed by atoms with Gasteiger partial charge in [0.2, 0.25) is 0 Å². The Morgan fingerprint density at radius 2 is 1.76 bits per heavy atom. The number of carbonyl (C=O) groups is 1. The first kappa shape index (κ1) is 23.7. The van der Waals surface area contributed by atoms with Gasteiger partial charge < -0.3 is 9.84 Å². The summed E-state index contributed by atoms with van der Waals surface area (Å²) in [5.41, 5.74) is 2.36. The number of aliphatic carboxylic acids is 1. The summed E-state index contributed by atoms with van der Waals surface area (Å²) in [5, 5.41) is 9.20. The topological polar surface area (TPSA) is 49.8 Å². The molecule has 2 fully saturated rings. The van der Waals surface area contributed by atoms with Crippen molar-refractivity contribution < 1.29 is 19.0 Å². The van der Waals surface area contributed by atoms with E-state index in [1.807, 2.05) is 35.2 Å². The zero-order chi connectivity index (χ0) is 23.6. The van der Waals surface area contributed by atoms with Crippen LogP contribution < -0.4 is 4.74 Å². The summed E-state index contributed by atoms with van der Waals surface area (Å²) in [4.78, 5) is 13.2. The van der Waals surface area contributed by atoms with Crippen molar-refractivity contribution in [3.63, 3.8) is 0 Å². The summed E-state index contributed by atoms with van der Waals surface area (Å²) in [6.07, 6.45) is 5.45. The van der Waals surface area contributed by atoms with E-state index in [0.29, 0.717) is 42.6 Å². The van der Waals surface area contributed by atoms with Crippen molar-refractivity contribution in [1.29, 1.82) is 0 Å². The number of likely N-dealkylation sites (tertiary alicyclic amines) is 1. The molecule has 1 aliphatic heterocycles. The summed E-state index contributed by atoms with van der Waals surface area (Å²) in [6, 6.07) is 13.2. The Balaban J connectivity index is 1.38. The first-order valence-corrected chi connectivity index (χ1v) is 12.2. The van der Waals surface area contributed by atoms with Crippen molar-refractivity contribution in [2.24, 2.45) is 17.3 Å². The van der Waals surface area contributed by atoms with Gasteiger partial charge in [0.25, 0.3) is 0 Å². The van der Waals surface area contributed by atoms with Crippen LogP contribution in [0.15, 0.2) is 42.5 Å². The van der Waals surface area contributed by atoms with Crippen LogP contribution in [0.4, 0.5) is 4.39 Å². The van der Waals surface area contributed by atoms with Crippen LogP contribution in [0.5, 0.6) is 5.75 Å². The molecule has 33 heavy (non-hydrogen) atoms. The number of nitrogens with zero attached hydrogens (tertiary/aromatic N) is 1. The van der Waals surface area contributed by atoms with Crippen LogP contribution in [-0.2, 0) is 11.3 Å². The monoisotopic (exact) mass is 453 g/mol. The SMILES string of the molecule is CC(C)(C)[C@H]1CC[C@@H](Oc2ccc(-c3cccc(CN4CCC(C(=O)O)C4)c3F)cc2)CC1. The third-order valence-corrected chi connectivity index (χ3v) is 7.46. The Labute approximate surface area is 196 Å². The number of halogens is 1. The van der Waals surface area contributed by atoms with E-state index in [9.17, 15) is 9.90 Å². The zero-order valence-corrected chi connectivity index (χ0v) is 20.0. The Morgan fingerprint density at radius 3 is 2.36 bits per heavy atom. The van der Waals surface area contributed by atoms with Crippen LogP contribution >= 0.6 is 0 Å². The normalized spacial score (nSPS) is 24.1. The quantitative estimate of drug-likeness (QED) is 0.551. The lowest BCUT2D eigenvalue weighted by Gasteiger charge is -2.36. The van der Waals surface area contributed by atoms with E-state index in [-0.39, 0.29) is 17.8 Å². The third-order valence-electron chi connectivity index (χ3n) is 7.46. The highest BCUT2D eigenvalue weighted by molar-refractivity contribution is 5.70. The van der Waals surface area contributed by atoms with Crippen molar-refractivity contribution >= 4 is 5.97 Å². The summed E-state index contributed by atoms with van der Waals surface area (Å²) in [5.74, 6) is 0.242. The number of benzene rings is 2. The molecule has 0 aromatic heterocycles. The van der Waals surface area contributed by atoms with Crippen LogP contribution in [0.25, 0.3) is 11.1 Å². The summed E-state index contributed by atoms with van der Waals surface area (Å²) >= 11 is 0. The zero-order valence-electron chi connectivity index (χ0n) is 20.0. The summed E-state index contributed by atoms with van der Waals surface area (Å²) in [6.45, 7) is 8.56. The van der Waals surface area contributed by atoms with Gasteiger partial charge >= 0.3 is 5.97 Å². The Bertz CT molecular complexity index is 958. The molecule has 1 heterocycles. The Hall–Kier alpha value is -2.40. The standard InChI is InChI=1S/C28H36FNO3/c1-28(2,3)22-9-13-24(14-10-22)33-23-11-7-19(8-12-23)25-6-4-5-20(26(25)29)17-30-16-15-21(18-30)27(31)32/h4-8,11-12,21-22,24H,9-10,13-18H2,1-3H3,(H,31,32)/t21?,22-,24+. The second-order valence-corrected chi connectivity index (χ2v) is 10.8. The van der Waals surface area contributed by atoms with Crippen LogP contribution in [-0.4, -0.2) is 35.2 Å². The maximum Gasteiger partial charge on any atom is 0.307 e. The van der Waals surface area contributed by atoms with Gasteiger partial charge in [-0.3, -0.25) is 9.69 Å². The molecule has 2 aromatic rings. The molecular weight excluding hydrogens is 417 g/mol. The van der Waals surface area contributed by atoms with E-state index in [0.717, 1.165) is 30.1 Å². The molecule has 1 aliphatic carbocycles. The lowest BCUT2D eigenvalue weighted by Crippen LogP contribution is -2.30. The molecule has 1 saturated heterocycles. The van der Waals surface area contributed by atoms with Crippen LogP contribution in [0.3, 0.4) is 0 Å². The van der Waals surface area contributed by atoms with Crippen LogP contribution in [0.2, 0.25) is 0 Å². The van der Waals surface area contributed by atoms with Gasteiger partial charge in [0, 0.05) is 24.2 Å². The number of carboxylic acids is 1. The van der Waals surface area contributed by atoms with Gasteiger partial charge in [0.15, 0.2) is 0 Å². The summed E-state index contributed by atoms with van der Waals surface area (Å²) in [7, 11) is 0. The van der Waals surface area contributed by atoms with Crippen molar-refractivity contribution in [3.8, 4) is 16.9 Å². The van der Waals surface area contributed by atoms with Gasteiger partial charge in [-0.1, -0.05) is 51.1 Å². The van der Waals surface area contributed by atoms with Crippen LogP contribution in [0, 0.1) is 23.1 Å². The number of carboxylic acid groups (broad SMARTS) is 1. The molecule has 0 spiro atoms. The molecule has 4 rings (SSSR count). The lowest BCUT2D eigenvalue weighted by molar-refractivity contribution is -0.141.